The van der Waals surface area contributed by atoms with E-state index in [1.807, 2.05) is 0 Å². The molecule has 0 spiro atoms. The number of fused-ring (bicyclic) bond motifs is 3. The Hall–Kier alpha value is -6.01. The van der Waals surface area contributed by atoms with E-state index in [1.54, 1.807) is 0 Å². The molecule has 248 valence electrons. The van der Waals surface area contributed by atoms with Crippen molar-refractivity contribution in [1.29, 1.82) is 0 Å². The van der Waals surface area contributed by atoms with E-state index >= 15 is 0 Å². The summed E-state index contributed by atoms with van der Waals surface area (Å²) in [5.74, 6) is 0. The maximum atomic E-state index is 9.84. The molecule has 0 N–H and O–H groups in total. The highest BCUT2D eigenvalue weighted by Crippen LogP contribution is 2.28. The third kappa shape index (κ3) is 4.96. The van der Waals surface area contributed by atoms with Crippen LogP contribution in [-0.4, -0.2) is 20.7 Å². The highest BCUT2D eigenvalue weighted by atomic mass is 28.3. The molecule has 8 aromatic carbocycles. The molecular formula is C49H39NSi2. The monoisotopic (exact) mass is 699 g/mol. The summed E-state index contributed by atoms with van der Waals surface area (Å²) >= 11 is 0. The van der Waals surface area contributed by atoms with Gasteiger partial charge in [0.2, 0.25) is 0 Å². The molecule has 9 aromatic rings. The van der Waals surface area contributed by atoms with E-state index in [4.69, 9.17) is 0 Å². The number of hydrogen-bond acceptors (Lipinski definition) is 0. The average molecular weight is 700 g/mol. The number of nitrogens with zero attached hydrogens (tertiary/aromatic N) is 1. The summed E-state index contributed by atoms with van der Waals surface area (Å²) < 4.78 is 21.9. The van der Waals surface area contributed by atoms with Crippen LogP contribution in [0.4, 0.5) is 0 Å². The lowest BCUT2D eigenvalue weighted by Crippen LogP contribution is -2.74. The van der Waals surface area contributed by atoms with E-state index in [0.717, 1.165) is 32.2 Å². The molecule has 0 bridgehead atoms. The standard InChI is InChI=1S/C49H39NSi2/c1-50-48-34-32-44(51(38-20-8-2-9-21-38,39-22-10-3-11-23-39)40-24-12-4-13-25-40)36-46(48)47-37-45(33-35-49(47)50)52(41-26-14-5-15-27-41,42-28-16-6-17-29-42)43-30-18-7-19-31-43/h2-37H,1H3/i32D,33D. The summed E-state index contributed by atoms with van der Waals surface area (Å²) in [5.41, 5.74) is 2.00. The summed E-state index contributed by atoms with van der Waals surface area (Å²) in [6.07, 6.45) is 0. The second kappa shape index (κ2) is 13.3. The summed E-state index contributed by atoms with van der Waals surface area (Å²) in [4.78, 5) is 0. The van der Waals surface area contributed by atoms with Gasteiger partial charge in [-0.2, -0.15) is 0 Å². The van der Waals surface area contributed by atoms with Crippen LogP contribution in [0.2, 0.25) is 0 Å². The Kier molecular flexibility index (Phi) is 7.58. The first kappa shape index (κ1) is 29.7. The second-order valence-electron chi connectivity index (χ2n) is 13.5. The second-order valence-corrected chi connectivity index (χ2v) is 21.1. The van der Waals surface area contributed by atoms with Crippen LogP contribution in [0.1, 0.15) is 2.74 Å². The van der Waals surface area contributed by atoms with Gasteiger partial charge in [0.1, 0.15) is 0 Å². The largest absolute Gasteiger partial charge is 0.344 e. The lowest BCUT2D eigenvalue weighted by Gasteiger charge is -2.34. The molecular weight excluding hydrogens is 659 g/mol. The fourth-order valence-electron chi connectivity index (χ4n) is 8.58. The molecule has 0 aliphatic rings. The van der Waals surface area contributed by atoms with E-state index in [9.17, 15) is 2.74 Å². The van der Waals surface area contributed by atoms with Crippen molar-refractivity contribution in [2.45, 2.75) is 0 Å². The fraction of sp³-hybridized carbons (Fsp3) is 0.0204. The quantitative estimate of drug-likeness (QED) is 0.134. The van der Waals surface area contributed by atoms with Crippen molar-refractivity contribution in [2.75, 3.05) is 0 Å². The first-order chi connectivity index (χ1) is 26.5. The van der Waals surface area contributed by atoms with E-state index in [0.29, 0.717) is 12.1 Å². The number of hydrogen-bond donors (Lipinski definition) is 0. The zero-order chi connectivity index (χ0) is 36.7. The maximum absolute atomic E-state index is 9.84. The van der Waals surface area contributed by atoms with Crippen molar-refractivity contribution < 1.29 is 2.74 Å². The van der Waals surface area contributed by atoms with E-state index in [1.165, 1.54) is 31.1 Å². The topological polar surface area (TPSA) is 4.93 Å². The lowest BCUT2D eigenvalue weighted by molar-refractivity contribution is 1.01. The van der Waals surface area contributed by atoms with Gasteiger partial charge in [-0.1, -0.05) is 206 Å². The molecule has 9 rings (SSSR count). The molecule has 0 fully saturated rings. The van der Waals surface area contributed by atoms with E-state index < -0.39 is 16.1 Å². The molecule has 0 atom stereocenters. The zero-order valence-electron chi connectivity index (χ0n) is 31.1. The SMILES string of the molecule is [2H]c1cc2c(cc1[Si](c1ccccc1)(c1ccccc1)c1ccccc1)c1cc([Si](c3ccccc3)(c3ccccc3)c3ccccc3)c([2H])cc1n2C. The zero-order valence-corrected chi connectivity index (χ0v) is 31.1. The molecule has 52 heavy (non-hydrogen) atoms. The number of aryl methyl sites for hydroxylation is 1. The normalized spacial score (nSPS) is 12.5. The molecule has 0 aliphatic carbocycles. The van der Waals surface area contributed by atoms with E-state index in [-0.39, 0.29) is 0 Å². The third-order valence-corrected chi connectivity index (χ3v) is 20.3. The molecule has 0 aliphatic heterocycles. The fourth-order valence-corrected chi connectivity index (χ4v) is 17.9. The van der Waals surface area contributed by atoms with Crippen LogP contribution in [0.3, 0.4) is 0 Å². The molecule has 0 radical (unpaired) electrons. The first-order valence-electron chi connectivity index (χ1n) is 18.9. The van der Waals surface area contributed by atoms with E-state index in [2.05, 4.69) is 218 Å². The van der Waals surface area contributed by atoms with Gasteiger partial charge in [-0.25, -0.2) is 0 Å². The first-order valence-corrected chi connectivity index (χ1v) is 21.9. The van der Waals surface area contributed by atoms with Gasteiger partial charge in [0.05, 0.1) is 2.74 Å². The molecule has 0 saturated heterocycles. The predicted octanol–water partition coefficient (Wildman–Crippen LogP) is 6.09. The summed E-state index contributed by atoms with van der Waals surface area (Å²) in [7, 11) is -3.89. The van der Waals surface area contributed by atoms with Crippen molar-refractivity contribution in [3.63, 3.8) is 0 Å². The smallest absolute Gasteiger partial charge is 0.179 e. The van der Waals surface area contributed by atoms with Gasteiger partial charge >= 0.3 is 0 Å². The van der Waals surface area contributed by atoms with Crippen molar-refractivity contribution in [1.82, 2.24) is 4.57 Å². The van der Waals surface area contributed by atoms with Crippen molar-refractivity contribution in [3.8, 4) is 0 Å². The van der Waals surface area contributed by atoms with Crippen molar-refractivity contribution in [3.05, 3.63) is 218 Å². The maximum Gasteiger partial charge on any atom is 0.179 e. The Labute approximate surface area is 310 Å². The number of aromatic nitrogens is 1. The van der Waals surface area contributed by atoms with Crippen LogP contribution < -0.4 is 41.5 Å². The minimum atomic E-state index is -2.98. The van der Waals surface area contributed by atoms with Gasteiger partial charge in [-0.3, -0.25) is 0 Å². The summed E-state index contributed by atoms with van der Waals surface area (Å²) in [5, 5.41) is 11.8. The van der Waals surface area contributed by atoms with Crippen LogP contribution in [0.5, 0.6) is 0 Å². The Bertz CT molecular complexity index is 2340. The molecule has 3 heteroatoms. The van der Waals surface area contributed by atoms with Crippen LogP contribution in [0.25, 0.3) is 21.8 Å². The lowest BCUT2D eigenvalue weighted by atomic mass is 10.1. The van der Waals surface area contributed by atoms with Gasteiger partial charge in [0, 0.05) is 28.9 Å². The van der Waals surface area contributed by atoms with Gasteiger partial charge in [0.15, 0.2) is 16.1 Å². The minimum absolute atomic E-state index is 0.532. The van der Waals surface area contributed by atoms with Gasteiger partial charge in [-0.15, -0.1) is 0 Å². The van der Waals surface area contributed by atoms with Crippen molar-refractivity contribution in [2.24, 2.45) is 7.05 Å². The Morgan fingerprint density at radius 1 is 0.327 bits per heavy atom. The third-order valence-electron chi connectivity index (χ3n) is 10.9. The number of rotatable bonds is 8. The van der Waals surface area contributed by atoms with Crippen LogP contribution in [0.15, 0.2) is 218 Å². The minimum Gasteiger partial charge on any atom is -0.344 e. The van der Waals surface area contributed by atoms with Crippen LogP contribution in [-0.2, 0) is 7.05 Å². The molecule has 1 aromatic heterocycles. The summed E-state index contributed by atoms with van der Waals surface area (Å²) in [6, 6.07) is 75.0. The van der Waals surface area contributed by atoms with Crippen LogP contribution in [0, 0.1) is 0 Å². The Morgan fingerprint density at radius 3 is 0.788 bits per heavy atom. The Balaban J connectivity index is 1.42. The average Bonchev–Trinajstić information content (AvgIpc) is 3.49. The molecule has 1 nitrogen and oxygen atoms in total. The highest BCUT2D eigenvalue weighted by Gasteiger charge is 2.43. The van der Waals surface area contributed by atoms with Gasteiger partial charge in [-0.05, 0) is 53.6 Å². The molecule has 0 unspecified atom stereocenters. The molecule has 0 amide bonds. The predicted molar refractivity (Wildman–Crippen MR) is 228 cm³/mol. The van der Waals surface area contributed by atoms with Crippen molar-refractivity contribution >= 4 is 79.4 Å². The Morgan fingerprint density at radius 2 is 0.558 bits per heavy atom. The number of benzene rings is 8. The highest BCUT2D eigenvalue weighted by molar-refractivity contribution is 7.20. The van der Waals surface area contributed by atoms with Gasteiger partial charge < -0.3 is 4.57 Å². The van der Waals surface area contributed by atoms with Crippen LogP contribution >= 0.6 is 0 Å². The van der Waals surface area contributed by atoms with Gasteiger partial charge in [0.25, 0.3) is 0 Å². The molecule has 1 heterocycles. The summed E-state index contributed by atoms with van der Waals surface area (Å²) in [6.45, 7) is 0. The molecule has 0 saturated carbocycles.